The molecule has 114 valence electrons. The van der Waals surface area contributed by atoms with Crippen LogP contribution < -0.4 is 11.1 Å². The van der Waals surface area contributed by atoms with E-state index < -0.39 is 0 Å². The van der Waals surface area contributed by atoms with Crippen LogP contribution in [0.15, 0.2) is 18.6 Å². The Balaban J connectivity index is 1.85. The molecule has 1 aliphatic rings. The molecule has 2 aromatic heterocycles. The number of hydrogen-bond donors (Lipinski definition) is 2. The third-order valence-electron chi connectivity index (χ3n) is 3.99. The molecule has 0 radical (unpaired) electrons. The second-order valence-corrected chi connectivity index (χ2v) is 6.16. The third kappa shape index (κ3) is 3.16. The Bertz CT molecular complexity index is 597. The van der Waals surface area contributed by atoms with Crippen molar-refractivity contribution in [2.24, 2.45) is 5.73 Å². The normalized spacial score (nSPS) is 17.7. The summed E-state index contributed by atoms with van der Waals surface area (Å²) in [6.45, 7) is 7.31. The Morgan fingerprint density at radius 1 is 1.38 bits per heavy atom. The van der Waals surface area contributed by atoms with Crippen LogP contribution in [-0.2, 0) is 6.54 Å². The Labute approximate surface area is 125 Å². The van der Waals surface area contributed by atoms with Gasteiger partial charge in [-0.1, -0.05) is 0 Å². The quantitative estimate of drug-likeness (QED) is 0.891. The molecule has 1 saturated heterocycles. The van der Waals surface area contributed by atoms with Crippen molar-refractivity contribution in [3.8, 4) is 0 Å². The standard InChI is InChI=1S/C15H24N6/c1-11(2)19-15-14-12(3-8-21(14)18-10-17-15)9-20-6-4-13(16)5-7-20/h3,8,10-11,13H,4-7,9,16H2,1-2H3,(H,17,18,19). The lowest BCUT2D eigenvalue weighted by molar-refractivity contribution is 0.206. The van der Waals surface area contributed by atoms with Gasteiger partial charge in [0, 0.05) is 24.8 Å². The molecule has 0 aliphatic carbocycles. The molecule has 0 spiro atoms. The Kier molecular flexibility index (Phi) is 4.07. The first kappa shape index (κ1) is 14.3. The van der Waals surface area contributed by atoms with Crippen molar-refractivity contribution in [2.45, 2.75) is 45.3 Å². The summed E-state index contributed by atoms with van der Waals surface area (Å²) < 4.78 is 1.91. The van der Waals surface area contributed by atoms with Gasteiger partial charge in [-0.25, -0.2) is 9.50 Å². The summed E-state index contributed by atoms with van der Waals surface area (Å²) in [5.41, 5.74) is 8.34. The van der Waals surface area contributed by atoms with E-state index in [0.717, 1.165) is 43.8 Å². The summed E-state index contributed by atoms with van der Waals surface area (Å²) in [7, 11) is 0. The van der Waals surface area contributed by atoms with Gasteiger partial charge < -0.3 is 11.1 Å². The predicted molar refractivity (Wildman–Crippen MR) is 84.2 cm³/mol. The van der Waals surface area contributed by atoms with Gasteiger partial charge in [-0.2, -0.15) is 5.10 Å². The van der Waals surface area contributed by atoms with Crippen molar-refractivity contribution in [3.63, 3.8) is 0 Å². The molecule has 6 heteroatoms. The van der Waals surface area contributed by atoms with E-state index in [-0.39, 0.29) is 0 Å². The first-order valence-corrected chi connectivity index (χ1v) is 7.69. The molecule has 0 atom stereocenters. The van der Waals surface area contributed by atoms with Crippen LogP contribution in [0, 0.1) is 0 Å². The zero-order chi connectivity index (χ0) is 14.8. The van der Waals surface area contributed by atoms with E-state index in [4.69, 9.17) is 5.73 Å². The molecule has 2 aromatic rings. The van der Waals surface area contributed by atoms with Gasteiger partial charge in [0.15, 0.2) is 5.82 Å². The minimum Gasteiger partial charge on any atom is -0.366 e. The molecule has 0 bridgehead atoms. The lowest BCUT2D eigenvalue weighted by atomic mass is 10.1. The van der Waals surface area contributed by atoms with Gasteiger partial charge in [0.05, 0.1) is 0 Å². The number of piperidine rings is 1. The number of nitrogens with zero attached hydrogens (tertiary/aromatic N) is 4. The average molecular weight is 288 g/mol. The van der Waals surface area contributed by atoms with Crippen LogP contribution in [-0.4, -0.2) is 44.7 Å². The molecule has 1 aliphatic heterocycles. The SMILES string of the molecule is CC(C)Nc1ncnn2ccc(CN3CCC(N)CC3)c12. The van der Waals surface area contributed by atoms with E-state index in [1.807, 2.05) is 10.7 Å². The number of nitrogens with two attached hydrogens (primary N) is 1. The number of rotatable bonds is 4. The maximum Gasteiger partial charge on any atom is 0.154 e. The van der Waals surface area contributed by atoms with Crippen LogP contribution in [0.25, 0.3) is 5.52 Å². The molecule has 3 N–H and O–H groups in total. The van der Waals surface area contributed by atoms with E-state index >= 15 is 0 Å². The Morgan fingerprint density at radius 3 is 2.86 bits per heavy atom. The molecule has 0 amide bonds. The first-order chi connectivity index (χ1) is 10.1. The highest BCUT2D eigenvalue weighted by atomic mass is 15.3. The summed E-state index contributed by atoms with van der Waals surface area (Å²) in [6.07, 6.45) is 5.77. The molecule has 0 aromatic carbocycles. The Morgan fingerprint density at radius 2 is 2.14 bits per heavy atom. The summed E-state index contributed by atoms with van der Waals surface area (Å²) >= 11 is 0. The Hall–Kier alpha value is -1.66. The molecule has 0 unspecified atom stereocenters. The zero-order valence-electron chi connectivity index (χ0n) is 12.8. The monoisotopic (exact) mass is 288 g/mol. The highest BCUT2D eigenvalue weighted by Crippen LogP contribution is 2.22. The van der Waals surface area contributed by atoms with E-state index in [9.17, 15) is 0 Å². The molecular weight excluding hydrogens is 264 g/mol. The van der Waals surface area contributed by atoms with Crippen molar-refractivity contribution >= 4 is 11.3 Å². The highest BCUT2D eigenvalue weighted by molar-refractivity contribution is 5.72. The summed E-state index contributed by atoms with van der Waals surface area (Å²) in [5.74, 6) is 0.911. The van der Waals surface area contributed by atoms with Gasteiger partial charge >= 0.3 is 0 Å². The van der Waals surface area contributed by atoms with Crippen molar-refractivity contribution in [1.29, 1.82) is 0 Å². The molecule has 6 nitrogen and oxygen atoms in total. The largest absolute Gasteiger partial charge is 0.366 e. The number of likely N-dealkylation sites (tertiary alicyclic amines) is 1. The fourth-order valence-corrected chi connectivity index (χ4v) is 2.88. The summed E-state index contributed by atoms with van der Waals surface area (Å²) in [4.78, 5) is 6.87. The van der Waals surface area contributed by atoms with E-state index in [2.05, 4.69) is 40.2 Å². The van der Waals surface area contributed by atoms with Gasteiger partial charge in [0.25, 0.3) is 0 Å². The van der Waals surface area contributed by atoms with Gasteiger partial charge in [-0.15, -0.1) is 0 Å². The maximum absolute atomic E-state index is 5.98. The van der Waals surface area contributed by atoms with E-state index in [0.29, 0.717) is 12.1 Å². The average Bonchev–Trinajstić information content (AvgIpc) is 2.85. The highest BCUT2D eigenvalue weighted by Gasteiger charge is 2.18. The fourth-order valence-electron chi connectivity index (χ4n) is 2.88. The first-order valence-electron chi connectivity index (χ1n) is 7.69. The minimum atomic E-state index is 0.347. The smallest absolute Gasteiger partial charge is 0.154 e. The second kappa shape index (κ2) is 5.99. The fraction of sp³-hybridized carbons (Fsp3) is 0.600. The van der Waals surface area contributed by atoms with Gasteiger partial charge in [-0.3, -0.25) is 4.90 Å². The molecule has 0 saturated carbocycles. The maximum atomic E-state index is 5.98. The van der Waals surface area contributed by atoms with Crippen molar-refractivity contribution in [3.05, 3.63) is 24.2 Å². The minimum absolute atomic E-state index is 0.347. The van der Waals surface area contributed by atoms with E-state index in [1.165, 1.54) is 5.56 Å². The number of aromatic nitrogens is 3. The number of anilines is 1. The molecule has 21 heavy (non-hydrogen) atoms. The molecular formula is C15H24N6. The van der Waals surface area contributed by atoms with Crippen molar-refractivity contribution in [1.82, 2.24) is 19.5 Å². The van der Waals surface area contributed by atoms with Gasteiger partial charge in [0.1, 0.15) is 11.8 Å². The van der Waals surface area contributed by atoms with Crippen LogP contribution in [0.4, 0.5) is 5.82 Å². The van der Waals surface area contributed by atoms with Gasteiger partial charge in [-0.05, 0) is 51.4 Å². The van der Waals surface area contributed by atoms with Gasteiger partial charge in [0.2, 0.25) is 0 Å². The number of hydrogen-bond acceptors (Lipinski definition) is 5. The lowest BCUT2D eigenvalue weighted by Crippen LogP contribution is -2.39. The van der Waals surface area contributed by atoms with Crippen LogP contribution in [0.1, 0.15) is 32.3 Å². The molecule has 3 rings (SSSR count). The van der Waals surface area contributed by atoms with Crippen LogP contribution in [0.2, 0.25) is 0 Å². The number of fused-ring (bicyclic) bond motifs is 1. The van der Waals surface area contributed by atoms with Crippen LogP contribution >= 0.6 is 0 Å². The summed E-state index contributed by atoms with van der Waals surface area (Å²) in [6, 6.07) is 2.86. The van der Waals surface area contributed by atoms with Crippen molar-refractivity contribution < 1.29 is 0 Å². The lowest BCUT2D eigenvalue weighted by Gasteiger charge is -2.29. The predicted octanol–water partition coefficient (Wildman–Crippen LogP) is 1.47. The topological polar surface area (TPSA) is 71.5 Å². The zero-order valence-corrected chi connectivity index (χ0v) is 12.8. The summed E-state index contributed by atoms with van der Waals surface area (Å²) in [5, 5.41) is 7.71. The number of nitrogens with one attached hydrogen (secondary N) is 1. The van der Waals surface area contributed by atoms with E-state index in [1.54, 1.807) is 6.33 Å². The third-order valence-corrected chi connectivity index (χ3v) is 3.99. The van der Waals surface area contributed by atoms with Crippen LogP contribution in [0.3, 0.4) is 0 Å². The van der Waals surface area contributed by atoms with Crippen LogP contribution in [0.5, 0.6) is 0 Å². The second-order valence-electron chi connectivity index (χ2n) is 6.16. The van der Waals surface area contributed by atoms with Crippen molar-refractivity contribution in [2.75, 3.05) is 18.4 Å². The molecule has 3 heterocycles. The molecule has 1 fully saturated rings.